The molecule has 2 aromatic rings. The first-order valence-corrected chi connectivity index (χ1v) is 10.6. The van der Waals surface area contributed by atoms with Crippen LogP contribution in [0.3, 0.4) is 0 Å². The van der Waals surface area contributed by atoms with E-state index in [1.54, 1.807) is 19.0 Å². The summed E-state index contributed by atoms with van der Waals surface area (Å²) in [5, 5.41) is 6.26. The number of rotatable bonds is 7. The van der Waals surface area contributed by atoms with Crippen LogP contribution in [0, 0.1) is 0 Å². The van der Waals surface area contributed by atoms with Crippen LogP contribution in [0.4, 0.5) is 0 Å². The predicted molar refractivity (Wildman–Crippen MR) is 117 cm³/mol. The molecule has 0 radical (unpaired) electrons. The average Bonchev–Trinajstić information content (AvgIpc) is 3.44. The van der Waals surface area contributed by atoms with Gasteiger partial charge in [-0.15, -0.1) is 0 Å². The molecule has 1 unspecified atom stereocenters. The first-order chi connectivity index (χ1) is 14.7. The van der Waals surface area contributed by atoms with Crippen molar-refractivity contribution in [3.8, 4) is 11.5 Å². The van der Waals surface area contributed by atoms with Gasteiger partial charge in [0, 0.05) is 25.5 Å². The molecule has 30 heavy (non-hydrogen) atoms. The molecule has 6 nitrogen and oxygen atoms in total. The molecule has 0 aromatic heterocycles. The molecule has 6 heteroatoms. The van der Waals surface area contributed by atoms with Gasteiger partial charge in [-0.05, 0) is 55.8 Å². The maximum absolute atomic E-state index is 12.3. The fourth-order valence-electron chi connectivity index (χ4n) is 4.17. The molecule has 1 atom stereocenters. The van der Waals surface area contributed by atoms with Crippen LogP contribution in [0.1, 0.15) is 43.4 Å². The number of carbonyl (C=O) groups excluding carboxylic acids is 1. The summed E-state index contributed by atoms with van der Waals surface area (Å²) in [4.78, 5) is 14.7. The van der Waals surface area contributed by atoms with E-state index in [-0.39, 0.29) is 11.9 Å². The van der Waals surface area contributed by atoms with Crippen LogP contribution in [0.25, 0.3) is 0 Å². The van der Waals surface area contributed by atoms with E-state index in [1.165, 1.54) is 12.8 Å². The molecule has 158 valence electrons. The van der Waals surface area contributed by atoms with Crippen LogP contribution in [0.2, 0.25) is 0 Å². The number of hydrogen-bond acceptors (Lipinski definition) is 5. The Bertz CT molecular complexity index is 904. The maximum Gasteiger partial charge on any atom is 0.240 e. The van der Waals surface area contributed by atoms with Gasteiger partial charge in [-0.25, -0.2) is 5.01 Å². The minimum Gasteiger partial charge on any atom is -0.497 e. The highest BCUT2D eigenvalue weighted by Gasteiger charge is 2.32. The van der Waals surface area contributed by atoms with E-state index in [4.69, 9.17) is 9.47 Å². The number of carbonyl (C=O) groups is 1. The smallest absolute Gasteiger partial charge is 0.240 e. The minimum atomic E-state index is -0.124. The summed E-state index contributed by atoms with van der Waals surface area (Å²) in [7, 11) is 1.65. The molecule has 0 spiro atoms. The zero-order valence-electron chi connectivity index (χ0n) is 17.7. The Kier molecular flexibility index (Phi) is 6.33. The Balaban J connectivity index is 1.51. The molecule has 1 amide bonds. The molecule has 1 fully saturated rings. The van der Waals surface area contributed by atoms with Crippen LogP contribution < -0.4 is 9.47 Å². The minimum absolute atomic E-state index is 0.0711. The average molecular weight is 408 g/mol. The van der Waals surface area contributed by atoms with Gasteiger partial charge in [0.05, 0.1) is 18.9 Å². The van der Waals surface area contributed by atoms with Crippen molar-refractivity contribution in [2.45, 2.75) is 32.2 Å². The van der Waals surface area contributed by atoms with Gasteiger partial charge in [-0.2, -0.15) is 5.10 Å². The highest BCUT2D eigenvalue weighted by Crippen LogP contribution is 2.35. The van der Waals surface area contributed by atoms with Gasteiger partial charge in [0.25, 0.3) is 0 Å². The number of hydrogen-bond donors (Lipinski definition) is 0. The first kappa shape index (κ1) is 20.4. The molecule has 1 saturated heterocycles. The van der Waals surface area contributed by atoms with Crippen LogP contribution in [0.5, 0.6) is 11.5 Å². The van der Waals surface area contributed by atoms with Crippen LogP contribution in [0.15, 0.2) is 53.6 Å². The predicted octanol–water partition coefficient (Wildman–Crippen LogP) is 3.87. The molecular weight excluding hydrogens is 378 g/mol. The third-order valence-electron chi connectivity index (χ3n) is 5.80. The second-order valence-corrected chi connectivity index (χ2v) is 7.80. The van der Waals surface area contributed by atoms with Crippen molar-refractivity contribution < 1.29 is 14.3 Å². The number of nitrogens with zero attached hydrogens (tertiary/aromatic N) is 3. The van der Waals surface area contributed by atoms with Gasteiger partial charge in [-0.3, -0.25) is 9.69 Å². The summed E-state index contributed by atoms with van der Waals surface area (Å²) >= 11 is 0. The summed E-state index contributed by atoms with van der Waals surface area (Å²) < 4.78 is 11.4. The second-order valence-electron chi connectivity index (χ2n) is 7.80. The quantitative estimate of drug-likeness (QED) is 0.699. The lowest BCUT2D eigenvalue weighted by molar-refractivity contribution is -0.130. The third kappa shape index (κ3) is 4.49. The molecule has 2 aliphatic rings. The zero-order valence-corrected chi connectivity index (χ0v) is 17.7. The number of benzene rings is 2. The van der Waals surface area contributed by atoms with Crippen LogP contribution in [-0.4, -0.2) is 54.9 Å². The number of hydrazone groups is 1. The van der Waals surface area contributed by atoms with E-state index < -0.39 is 0 Å². The van der Waals surface area contributed by atoms with E-state index in [2.05, 4.69) is 10.0 Å². The number of ether oxygens (including phenoxy) is 2. The second kappa shape index (κ2) is 9.30. The van der Waals surface area contributed by atoms with E-state index in [9.17, 15) is 4.79 Å². The molecule has 0 N–H and O–H groups in total. The Labute approximate surface area is 178 Å². The topological polar surface area (TPSA) is 54.4 Å². The summed E-state index contributed by atoms with van der Waals surface area (Å²) in [5.74, 6) is 1.55. The highest BCUT2D eigenvalue weighted by molar-refractivity contribution is 6.05. The Morgan fingerprint density at radius 1 is 1.10 bits per heavy atom. The summed E-state index contributed by atoms with van der Waals surface area (Å²) in [5.41, 5.74) is 2.88. The Hall–Kier alpha value is -2.86. The summed E-state index contributed by atoms with van der Waals surface area (Å²) in [6, 6.07) is 15.7. The Morgan fingerprint density at radius 2 is 1.83 bits per heavy atom. The number of methoxy groups -OCH3 is 1. The molecule has 2 aliphatic heterocycles. The summed E-state index contributed by atoms with van der Waals surface area (Å²) in [6.07, 6.45) is 3.21. The van der Waals surface area contributed by atoms with E-state index in [0.29, 0.717) is 13.0 Å². The maximum atomic E-state index is 12.3. The number of amides is 1. The van der Waals surface area contributed by atoms with Crippen molar-refractivity contribution in [3.63, 3.8) is 0 Å². The van der Waals surface area contributed by atoms with Gasteiger partial charge in [0.1, 0.15) is 18.1 Å². The van der Waals surface area contributed by atoms with E-state index in [0.717, 1.165) is 48.0 Å². The lowest BCUT2D eigenvalue weighted by Gasteiger charge is -2.20. The molecular formula is C24H29N3O3. The summed E-state index contributed by atoms with van der Waals surface area (Å²) in [6.45, 7) is 5.47. The van der Waals surface area contributed by atoms with Crippen molar-refractivity contribution in [1.82, 2.24) is 9.91 Å². The third-order valence-corrected chi connectivity index (χ3v) is 5.80. The van der Waals surface area contributed by atoms with Gasteiger partial charge >= 0.3 is 0 Å². The van der Waals surface area contributed by atoms with E-state index in [1.807, 2.05) is 48.5 Å². The lowest BCUT2D eigenvalue weighted by atomic mass is 9.98. The van der Waals surface area contributed by atoms with Crippen molar-refractivity contribution in [2.75, 3.05) is 33.4 Å². The van der Waals surface area contributed by atoms with Gasteiger partial charge in [0.15, 0.2) is 0 Å². The van der Waals surface area contributed by atoms with Crippen molar-refractivity contribution >= 4 is 11.6 Å². The normalized spacial score (nSPS) is 19.1. The molecule has 0 bridgehead atoms. The number of likely N-dealkylation sites (tertiary alicyclic amines) is 1. The highest BCUT2D eigenvalue weighted by atomic mass is 16.5. The Morgan fingerprint density at radius 3 is 2.53 bits per heavy atom. The molecule has 0 aliphatic carbocycles. The van der Waals surface area contributed by atoms with Crippen LogP contribution >= 0.6 is 0 Å². The molecule has 4 rings (SSSR count). The fraction of sp³-hybridized carbons (Fsp3) is 0.417. The van der Waals surface area contributed by atoms with Gasteiger partial charge in [0.2, 0.25) is 5.91 Å². The molecule has 0 saturated carbocycles. The van der Waals surface area contributed by atoms with Gasteiger partial charge < -0.3 is 9.47 Å². The van der Waals surface area contributed by atoms with E-state index >= 15 is 0 Å². The van der Waals surface area contributed by atoms with Crippen molar-refractivity contribution in [1.29, 1.82) is 0 Å². The number of para-hydroxylation sites is 1. The zero-order chi connectivity index (χ0) is 20.9. The largest absolute Gasteiger partial charge is 0.497 e. The standard InChI is InChI=1S/C24H29N3O3/c1-18(28)27-23(19-9-11-20(29-2)12-10-19)17-22(25-27)21-7-3-4-8-24(21)30-16-15-26-13-5-6-14-26/h3-4,7-12,23H,5-6,13-17H2,1-2H3. The monoisotopic (exact) mass is 407 g/mol. The molecule has 2 heterocycles. The van der Waals surface area contributed by atoms with Gasteiger partial charge in [-0.1, -0.05) is 24.3 Å². The van der Waals surface area contributed by atoms with Crippen molar-refractivity contribution in [2.24, 2.45) is 5.10 Å². The SMILES string of the molecule is COc1ccc(C2CC(c3ccccc3OCCN3CCCC3)=NN2C(C)=O)cc1. The first-order valence-electron chi connectivity index (χ1n) is 10.6. The van der Waals surface area contributed by atoms with Crippen molar-refractivity contribution in [3.05, 3.63) is 59.7 Å². The molecule has 2 aromatic carbocycles. The fourth-order valence-corrected chi connectivity index (χ4v) is 4.17. The van der Waals surface area contributed by atoms with Crippen LogP contribution in [-0.2, 0) is 4.79 Å². The lowest BCUT2D eigenvalue weighted by Crippen LogP contribution is -2.25.